The first-order valence-corrected chi connectivity index (χ1v) is 8.58. The fraction of sp³-hybridized carbons (Fsp3) is 0.667. The van der Waals surface area contributed by atoms with Crippen LogP contribution in [-0.2, 0) is 4.74 Å². The van der Waals surface area contributed by atoms with Gasteiger partial charge >= 0.3 is 0 Å². The summed E-state index contributed by atoms with van der Waals surface area (Å²) in [5.74, 6) is 2.44. The van der Waals surface area contributed by atoms with Crippen molar-refractivity contribution < 1.29 is 14.2 Å². The van der Waals surface area contributed by atoms with E-state index in [2.05, 4.69) is 10.2 Å². The Labute approximate surface area is 138 Å². The first kappa shape index (κ1) is 16.6. The lowest BCUT2D eigenvalue weighted by molar-refractivity contribution is 0.0199. The second kappa shape index (κ2) is 7.99. The lowest BCUT2D eigenvalue weighted by atomic mass is 9.84. The number of rotatable bonds is 5. The van der Waals surface area contributed by atoms with Gasteiger partial charge in [0.2, 0.25) is 0 Å². The van der Waals surface area contributed by atoms with Crippen molar-refractivity contribution in [2.24, 2.45) is 5.92 Å². The van der Waals surface area contributed by atoms with Crippen molar-refractivity contribution in [2.45, 2.75) is 18.9 Å². The Balaban J connectivity index is 1.99. The van der Waals surface area contributed by atoms with E-state index in [0.717, 1.165) is 63.7 Å². The molecule has 3 rings (SSSR count). The Bertz CT molecular complexity index is 457. The molecule has 1 atom stereocenters. The van der Waals surface area contributed by atoms with Crippen molar-refractivity contribution in [3.05, 3.63) is 23.8 Å². The third kappa shape index (κ3) is 3.62. The largest absolute Gasteiger partial charge is 0.496 e. The minimum atomic E-state index is 0.326. The molecule has 23 heavy (non-hydrogen) atoms. The maximum absolute atomic E-state index is 5.70. The highest BCUT2D eigenvalue weighted by Gasteiger charge is 2.35. The molecule has 2 fully saturated rings. The van der Waals surface area contributed by atoms with E-state index in [-0.39, 0.29) is 0 Å². The lowest BCUT2D eigenvalue weighted by Crippen LogP contribution is -2.47. The third-order valence-electron chi connectivity index (χ3n) is 5.02. The van der Waals surface area contributed by atoms with E-state index in [9.17, 15) is 0 Å². The van der Waals surface area contributed by atoms with Crippen LogP contribution in [0, 0.1) is 5.92 Å². The molecule has 0 radical (unpaired) electrons. The van der Waals surface area contributed by atoms with Crippen LogP contribution in [0.2, 0.25) is 0 Å². The van der Waals surface area contributed by atoms with Gasteiger partial charge < -0.3 is 19.5 Å². The van der Waals surface area contributed by atoms with Gasteiger partial charge in [-0.2, -0.15) is 0 Å². The van der Waals surface area contributed by atoms with E-state index in [1.807, 2.05) is 18.2 Å². The normalized spacial score (nSPS) is 21.8. The SMILES string of the molecule is COc1cccc(OC)c1[C@@H](C1CCOCC1)N1CCNCC1. The van der Waals surface area contributed by atoms with Gasteiger partial charge in [-0.3, -0.25) is 4.90 Å². The summed E-state index contributed by atoms with van der Waals surface area (Å²) in [6, 6.07) is 6.42. The van der Waals surface area contributed by atoms with Gasteiger partial charge in [-0.15, -0.1) is 0 Å². The molecule has 0 bridgehead atoms. The monoisotopic (exact) mass is 320 g/mol. The number of hydrogen-bond acceptors (Lipinski definition) is 5. The van der Waals surface area contributed by atoms with Crippen LogP contribution in [0.15, 0.2) is 18.2 Å². The molecule has 5 nitrogen and oxygen atoms in total. The minimum Gasteiger partial charge on any atom is -0.496 e. The Morgan fingerprint density at radius 3 is 2.26 bits per heavy atom. The van der Waals surface area contributed by atoms with Crippen molar-refractivity contribution in [2.75, 3.05) is 53.6 Å². The van der Waals surface area contributed by atoms with Crippen LogP contribution in [0.25, 0.3) is 0 Å². The predicted octanol–water partition coefficient (Wildman–Crippen LogP) is 2.08. The fourth-order valence-electron chi connectivity index (χ4n) is 3.88. The van der Waals surface area contributed by atoms with Crippen molar-refractivity contribution >= 4 is 0 Å². The summed E-state index contributed by atoms with van der Waals surface area (Å²) in [5, 5.41) is 3.45. The average molecular weight is 320 g/mol. The molecule has 0 aromatic heterocycles. The molecule has 5 heteroatoms. The molecule has 0 unspecified atom stereocenters. The number of nitrogens with zero attached hydrogens (tertiary/aromatic N) is 1. The number of piperazine rings is 1. The number of ether oxygens (including phenoxy) is 3. The van der Waals surface area contributed by atoms with Gasteiger partial charge in [0.15, 0.2) is 0 Å². The molecule has 0 saturated carbocycles. The Hall–Kier alpha value is -1.30. The second-order valence-corrected chi connectivity index (χ2v) is 6.26. The van der Waals surface area contributed by atoms with E-state index in [4.69, 9.17) is 14.2 Å². The van der Waals surface area contributed by atoms with Crippen LogP contribution in [0.3, 0.4) is 0 Å². The number of nitrogens with one attached hydrogen (secondary N) is 1. The van der Waals surface area contributed by atoms with Crippen molar-refractivity contribution in [1.82, 2.24) is 10.2 Å². The topological polar surface area (TPSA) is 43.0 Å². The van der Waals surface area contributed by atoms with E-state index < -0.39 is 0 Å². The van der Waals surface area contributed by atoms with Gasteiger partial charge in [-0.05, 0) is 30.9 Å². The molecule has 2 aliphatic heterocycles. The molecule has 1 aromatic rings. The molecular formula is C18H28N2O3. The number of methoxy groups -OCH3 is 2. The molecule has 2 saturated heterocycles. The molecule has 1 N–H and O–H groups in total. The summed E-state index contributed by atoms with van der Waals surface area (Å²) in [4.78, 5) is 2.59. The molecule has 2 aliphatic rings. The Kier molecular flexibility index (Phi) is 5.75. The maximum atomic E-state index is 5.70. The summed E-state index contributed by atoms with van der Waals surface area (Å²) in [6.45, 7) is 5.90. The lowest BCUT2D eigenvalue weighted by Gasteiger charge is -2.41. The summed E-state index contributed by atoms with van der Waals surface area (Å²) >= 11 is 0. The molecule has 1 aromatic carbocycles. The Morgan fingerprint density at radius 2 is 1.70 bits per heavy atom. The Morgan fingerprint density at radius 1 is 1.09 bits per heavy atom. The van der Waals surface area contributed by atoms with Gasteiger partial charge in [0.1, 0.15) is 11.5 Å². The third-order valence-corrected chi connectivity index (χ3v) is 5.02. The van der Waals surface area contributed by atoms with Crippen molar-refractivity contribution in [1.29, 1.82) is 0 Å². The number of hydrogen-bond donors (Lipinski definition) is 1. The number of benzene rings is 1. The highest BCUT2D eigenvalue weighted by molar-refractivity contribution is 5.47. The fourth-order valence-corrected chi connectivity index (χ4v) is 3.88. The van der Waals surface area contributed by atoms with Gasteiger partial charge in [0, 0.05) is 45.4 Å². The zero-order valence-corrected chi connectivity index (χ0v) is 14.2. The molecule has 0 spiro atoms. The van der Waals surface area contributed by atoms with Crippen LogP contribution in [-0.4, -0.2) is 58.5 Å². The maximum Gasteiger partial charge on any atom is 0.127 e. The molecular weight excluding hydrogens is 292 g/mol. The summed E-state index contributed by atoms with van der Waals surface area (Å²) < 4.78 is 17.0. The van der Waals surface area contributed by atoms with Gasteiger partial charge in [0.05, 0.1) is 19.8 Å². The van der Waals surface area contributed by atoms with E-state index >= 15 is 0 Å². The first-order chi connectivity index (χ1) is 11.3. The quantitative estimate of drug-likeness (QED) is 0.900. The standard InChI is InChI=1S/C18H28N2O3/c1-21-15-4-3-5-16(22-2)17(15)18(14-6-12-23-13-7-14)20-10-8-19-9-11-20/h3-5,14,18-19H,6-13H2,1-2H3/t18-/m1/s1. The van der Waals surface area contributed by atoms with Gasteiger partial charge in [-0.1, -0.05) is 6.07 Å². The van der Waals surface area contributed by atoms with E-state index in [1.54, 1.807) is 14.2 Å². The summed E-state index contributed by atoms with van der Waals surface area (Å²) in [7, 11) is 3.49. The second-order valence-electron chi connectivity index (χ2n) is 6.26. The van der Waals surface area contributed by atoms with E-state index in [0.29, 0.717) is 12.0 Å². The zero-order chi connectivity index (χ0) is 16.1. The van der Waals surface area contributed by atoms with Crippen molar-refractivity contribution in [3.63, 3.8) is 0 Å². The minimum absolute atomic E-state index is 0.326. The molecule has 2 heterocycles. The van der Waals surface area contributed by atoms with Crippen LogP contribution < -0.4 is 14.8 Å². The highest BCUT2D eigenvalue weighted by Crippen LogP contribution is 2.43. The molecule has 128 valence electrons. The molecule has 0 amide bonds. The van der Waals surface area contributed by atoms with E-state index in [1.165, 1.54) is 5.56 Å². The smallest absolute Gasteiger partial charge is 0.127 e. The first-order valence-electron chi connectivity index (χ1n) is 8.58. The van der Waals surface area contributed by atoms with Crippen LogP contribution in [0.5, 0.6) is 11.5 Å². The van der Waals surface area contributed by atoms with Crippen LogP contribution in [0.4, 0.5) is 0 Å². The predicted molar refractivity (Wildman–Crippen MR) is 90.3 cm³/mol. The van der Waals surface area contributed by atoms with Crippen LogP contribution >= 0.6 is 0 Å². The average Bonchev–Trinajstić information content (AvgIpc) is 2.64. The molecule has 0 aliphatic carbocycles. The zero-order valence-electron chi connectivity index (χ0n) is 14.2. The highest BCUT2D eigenvalue weighted by atomic mass is 16.5. The van der Waals surface area contributed by atoms with Crippen LogP contribution in [0.1, 0.15) is 24.4 Å². The van der Waals surface area contributed by atoms with Gasteiger partial charge in [0.25, 0.3) is 0 Å². The van der Waals surface area contributed by atoms with Gasteiger partial charge in [-0.25, -0.2) is 0 Å². The summed E-state index contributed by atoms with van der Waals surface area (Å²) in [5.41, 5.74) is 1.20. The van der Waals surface area contributed by atoms with Crippen molar-refractivity contribution in [3.8, 4) is 11.5 Å². The summed E-state index contributed by atoms with van der Waals surface area (Å²) in [6.07, 6.45) is 2.19.